The fourth-order valence-electron chi connectivity index (χ4n) is 5.96. The summed E-state index contributed by atoms with van der Waals surface area (Å²) in [5.41, 5.74) is 9.77. The number of rotatable bonds is 3. The number of hydrogen-bond acceptors (Lipinski definition) is 3. The van der Waals surface area contributed by atoms with Crippen molar-refractivity contribution in [1.82, 2.24) is 9.55 Å². The van der Waals surface area contributed by atoms with Crippen LogP contribution in [0.5, 0.6) is 0 Å². The van der Waals surface area contributed by atoms with E-state index in [4.69, 9.17) is 4.42 Å². The Kier molecular flexibility index (Phi) is 4.85. The Hall–Kier alpha value is -5.66. The lowest BCUT2D eigenvalue weighted by Crippen LogP contribution is -1.97. The molecule has 0 spiro atoms. The van der Waals surface area contributed by atoms with Crippen LogP contribution in [0.15, 0.2) is 132 Å². The van der Waals surface area contributed by atoms with Gasteiger partial charge < -0.3 is 8.98 Å². The second-order valence-electron chi connectivity index (χ2n) is 9.91. The number of hydrogen-bond donors (Lipinski definition) is 0. The van der Waals surface area contributed by atoms with Gasteiger partial charge in [-0.05, 0) is 47.5 Å². The number of aromatic nitrogens is 2. The van der Waals surface area contributed by atoms with E-state index in [1.807, 2.05) is 12.1 Å². The maximum Gasteiger partial charge on any atom is 0.145 e. The number of fused-ring (bicyclic) bond motifs is 7. The van der Waals surface area contributed by atoms with Crippen LogP contribution in [0.3, 0.4) is 0 Å². The monoisotopic (exact) mass is 511 g/mol. The molecule has 0 amide bonds. The Labute approximate surface area is 230 Å². The van der Waals surface area contributed by atoms with Crippen LogP contribution in [0.1, 0.15) is 5.56 Å². The van der Waals surface area contributed by atoms with Crippen molar-refractivity contribution >= 4 is 43.7 Å². The molecule has 40 heavy (non-hydrogen) atoms. The number of nitriles is 1. The van der Waals surface area contributed by atoms with Gasteiger partial charge in [-0.25, -0.2) is 0 Å². The average molecular weight is 512 g/mol. The summed E-state index contributed by atoms with van der Waals surface area (Å²) < 4.78 is 8.81. The number of furan rings is 1. The summed E-state index contributed by atoms with van der Waals surface area (Å²) in [7, 11) is 0. The minimum Gasteiger partial charge on any atom is -0.455 e. The zero-order valence-corrected chi connectivity index (χ0v) is 21.4. The summed E-state index contributed by atoms with van der Waals surface area (Å²) in [5, 5.41) is 14.1. The average Bonchev–Trinajstić information content (AvgIpc) is 3.57. The fourth-order valence-corrected chi connectivity index (χ4v) is 5.96. The minimum atomic E-state index is 0.616. The summed E-state index contributed by atoms with van der Waals surface area (Å²) >= 11 is 0. The van der Waals surface area contributed by atoms with Crippen LogP contribution in [0, 0.1) is 11.3 Å². The van der Waals surface area contributed by atoms with Crippen molar-refractivity contribution in [3.05, 3.63) is 133 Å². The smallest absolute Gasteiger partial charge is 0.145 e. The Morgan fingerprint density at radius 2 is 1.35 bits per heavy atom. The molecule has 0 aliphatic rings. The first-order valence-electron chi connectivity index (χ1n) is 13.2. The molecule has 0 aliphatic heterocycles. The number of pyridine rings is 1. The molecule has 0 aliphatic carbocycles. The standard InChI is InChI=1S/C36H21N3O/c37-21-25-19-20-38-22-30(25)24-15-13-23(14-16-24)26-7-1-4-10-31(26)39-32-11-5-2-9-29(32)35-33(39)18-17-28-27-8-3-6-12-34(27)40-36(28)35/h1-20,22H. The van der Waals surface area contributed by atoms with Gasteiger partial charge >= 0.3 is 0 Å². The highest BCUT2D eigenvalue weighted by molar-refractivity contribution is 6.24. The summed E-state index contributed by atoms with van der Waals surface area (Å²) in [6.45, 7) is 0. The fraction of sp³-hybridized carbons (Fsp3) is 0. The molecule has 4 heteroatoms. The molecule has 0 radical (unpaired) electrons. The number of para-hydroxylation sites is 3. The zero-order chi connectivity index (χ0) is 26.6. The van der Waals surface area contributed by atoms with Gasteiger partial charge in [-0.2, -0.15) is 5.26 Å². The van der Waals surface area contributed by atoms with Gasteiger partial charge in [0, 0.05) is 39.7 Å². The highest BCUT2D eigenvalue weighted by atomic mass is 16.3. The van der Waals surface area contributed by atoms with Crippen molar-refractivity contribution in [3.8, 4) is 34.0 Å². The van der Waals surface area contributed by atoms with Crippen LogP contribution in [0.25, 0.3) is 71.7 Å². The minimum absolute atomic E-state index is 0.616. The van der Waals surface area contributed by atoms with Crippen LogP contribution in [0.4, 0.5) is 0 Å². The molecule has 4 nitrogen and oxygen atoms in total. The van der Waals surface area contributed by atoms with Gasteiger partial charge in [0.25, 0.3) is 0 Å². The molecular formula is C36H21N3O. The van der Waals surface area contributed by atoms with E-state index in [0.29, 0.717) is 5.56 Å². The van der Waals surface area contributed by atoms with Gasteiger partial charge in [-0.15, -0.1) is 0 Å². The predicted octanol–water partition coefficient (Wildman–Crippen LogP) is 9.28. The molecule has 186 valence electrons. The van der Waals surface area contributed by atoms with E-state index < -0.39 is 0 Å². The Morgan fingerprint density at radius 1 is 0.625 bits per heavy atom. The van der Waals surface area contributed by atoms with Crippen LogP contribution in [-0.4, -0.2) is 9.55 Å². The van der Waals surface area contributed by atoms with Crippen molar-refractivity contribution < 1.29 is 4.42 Å². The Balaban J connectivity index is 1.37. The summed E-state index contributed by atoms with van der Waals surface area (Å²) in [6, 6.07) is 42.0. The van der Waals surface area contributed by atoms with Crippen LogP contribution < -0.4 is 0 Å². The largest absolute Gasteiger partial charge is 0.455 e. The zero-order valence-electron chi connectivity index (χ0n) is 21.4. The van der Waals surface area contributed by atoms with Crippen LogP contribution in [-0.2, 0) is 0 Å². The first-order chi connectivity index (χ1) is 19.8. The molecule has 0 N–H and O–H groups in total. The molecule has 0 atom stereocenters. The third-order valence-electron chi connectivity index (χ3n) is 7.77. The van der Waals surface area contributed by atoms with Crippen molar-refractivity contribution in [3.63, 3.8) is 0 Å². The molecule has 3 heterocycles. The van der Waals surface area contributed by atoms with Crippen LogP contribution >= 0.6 is 0 Å². The van der Waals surface area contributed by atoms with E-state index in [9.17, 15) is 5.26 Å². The second-order valence-corrected chi connectivity index (χ2v) is 9.91. The first-order valence-corrected chi connectivity index (χ1v) is 13.2. The van der Waals surface area contributed by atoms with E-state index in [1.165, 1.54) is 0 Å². The van der Waals surface area contributed by atoms with Gasteiger partial charge in [0.2, 0.25) is 0 Å². The molecule has 0 unspecified atom stereocenters. The third-order valence-corrected chi connectivity index (χ3v) is 7.77. The molecule has 3 aromatic heterocycles. The maximum absolute atomic E-state index is 9.55. The van der Waals surface area contributed by atoms with Crippen molar-refractivity contribution in [1.29, 1.82) is 5.26 Å². The lowest BCUT2D eigenvalue weighted by molar-refractivity contribution is 0.673. The maximum atomic E-state index is 9.55. The van der Waals surface area contributed by atoms with Gasteiger partial charge in [0.15, 0.2) is 0 Å². The van der Waals surface area contributed by atoms with E-state index in [-0.39, 0.29) is 0 Å². The third kappa shape index (κ3) is 3.22. The van der Waals surface area contributed by atoms with Gasteiger partial charge in [0.05, 0.1) is 33.7 Å². The Bertz CT molecular complexity index is 2280. The lowest BCUT2D eigenvalue weighted by Gasteiger charge is -2.14. The molecule has 8 aromatic rings. The molecular weight excluding hydrogens is 490 g/mol. The highest BCUT2D eigenvalue weighted by Gasteiger charge is 2.20. The van der Waals surface area contributed by atoms with Crippen molar-refractivity contribution in [2.24, 2.45) is 0 Å². The molecule has 0 saturated heterocycles. The molecule has 5 aromatic carbocycles. The van der Waals surface area contributed by atoms with E-state index in [1.54, 1.807) is 18.5 Å². The van der Waals surface area contributed by atoms with Crippen molar-refractivity contribution in [2.75, 3.05) is 0 Å². The van der Waals surface area contributed by atoms with Crippen molar-refractivity contribution in [2.45, 2.75) is 0 Å². The topological polar surface area (TPSA) is 54.8 Å². The normalized spacial score (nSPS) is 11.5. The van der Waals surface area contributed by atoms with Gasteiger partial charge in [-0.1, -0.05) is 78.9 Å². The molecule has 8 rings (SSSR count). The molecule has 0 bridgehead atoms. The first kappa shape index (κ1) is 22.3. The SMILES string of the molecule is N#Cc1ccncc1-c1ccc(-c2ccccc2-n2c3ccccc3c3c4oc5ccccc5c4ccc32)cc1. The van der Waals surface area contributed by atoms with Gasteiger partial charge in [0.1, 0.15) is 11.2 Å². The lowest BCUT2D eigenvalue weighted by atomic mass is 9.98. The quantitative estimate of drug-likeness (QED) is 0.237. The summed E-state index contributed by atoms with van der Waals surface area (Å²) in [6.07, 6.45) is 3.40. The molecule has 0 saturated carbocycles. The number of benzene rings is 5. The van der Waals surface area contributed by atoms with Crippen LogP contribution in [0.2, 0.25) is 0 Å². The molecule has 0 fully saturated rings. The van der Waals surface area contributed by atoms with E-state index in [2.05, 4.69) is 113 Å². The summed E-state index contributed by atoms with van der Waals surface area (Å²) in [5.74, 6) is 0. The predicted molar refractivity (Wildman–Crippen MR) is 161 cm³/mol. The highest BCUT2D eigenvalue weighted by Crippen LogP contribution is 2.42. The van der Waals surface area contributed by atoms with E-state index in [0.717, 1.165) is 71.7 Å². The summed E-state index contributed by atoms with van der Waals surface area (Å²) in [4.78, 5) is 4.23. The van der Waals surface area contributed by atoms with E-state index >= 15 is 0 Å². The second kappa shape index (κ2) is 8.69. The number of nitrogens with zero attached hydrogens (tertiary/aromatic N) is 3. The Morgan fingerprint density at radius 3 is 2.20 bits per heavy atom. The van der Waals surface area contributed by atoms with Gasteiger partial charge in [-0.3, -0.25) is 4.98 Å².